The third-order valence-electron chi connectivity index (χ3n) is 3.55. The molecule has 0 aromatic rings. The van der Waals surface area contributed by atoms with E-state index in [2.05, 4.69) is 10.6 Å². The van der Waals surface area contributed by atoms with Gasteiger partial charge in [0, 0.05) is 11.0 Å². The van der Waals surface area contributed by atoms with Crippen LogP contribution in [0.1, 0.15) is 19.3 Å². The van der Waals surface area contributed by atoms with Gasteiger partial charge < -0.3 is 20.8 Å². The number of aliphatic hydroxyl groups is 1. The van der Waals surface area contributed by atoms with Crippen molar-refractivity contribution in [2.24, 2.45) is 5.92 Å². The molecule has 2 saturated heterocycles. The highest BCUT2D eigenvalue weighted by Crippen LogP contribution is 2.33. The lowest BCUT2D eigenvalue weighted by Crippen LogP contribution is -2.36. The Labute approximate surface area is 110 Å². The summed E-state index contributed by atoms with van der Waals surface area (Å²) in [6.07, 6.45) is 2.12. The van der Waals surface area contributed by atoms with Crippen molar-refractivity contribution in [2.45, 2.75) is 36.6 Å². The zero-order chi connectivity index (χ0) is 13.1. The highest BCUT2D eigenvalue weighted by molar-refractivity contribution is 8.00. The Morgan fingerprint density at radius 1 is 1.50 bits per heavy atom. The molecule has 0 spiro atoms. The van der Waals surface area contributed by atoms with Gasteiger partial charge in [0.25, 0.3) is 0 Å². The Balaban J connectivity index is 1.74. The minimum absolute atomic E-state index is 0.103. The van der Waals surface area contributed by atoms with Gasteiger partial charge in [0.05, 0.1) is 24.6 Å². The van der Waals surface area contributed by atoms with Crippen LogP contribution in [0.3, 0.4) is 0 Å². The van der Waals surface area contributed by atoms with Crippen LogP contribution in [0.25, 0.3) is 0 Å². The Morgan fingerprint density at radius 3 is 2.94 bits per heavy atom. The second-order valence-corrected chi connectivity index (χ2v) is 6.04. The van der Waals surface area contributed by atoms with Crippen molar-refractivity contribution in [3.63, 3.8) is 0 Å². The summed E-state index contributed by atoms with van der Waals surface area (Å²) < 4.78 is 0. The topological polar surface area (TPSA) is 98.7 Å². The maximum Gasteiger partial charge on any atom is 0.315 e. The van der Waals surface area contributed by atoms with Gasteiger partial charge in [0.15, 0.2) is 0 Å². The second-order valence-electron chi connectivity index (χ2n) is 4.77. The first-order valence-corrected chi connectivity index (χ1v) is 7.19. The predicted octanol–water partition coefficient (Wildman–Crippen LogP) is 0.0152. The number of carboxylic acid groups (broad SMARTS) is 1. The minimum Gasteiger partial charge on any atom is -0.481 e. The van der Waals surface area contributed by atoms with E-state index in [0.29, 0.717) is 11.7 Å². The fourth-order valence-electron chi connectivity index (χ4n) is 2.50. The van der Waals surface area contributed by atoms with E-state index in [0.717, 1.165) is 18.6 Å². The first kappa shape index (κ1) is 13.5. The van der Waals surface area contributed by atoms with Crippen LogP contribution in [0.5, 0.6) is 0 Å². The molecule has 2 fully saturated rings. The van der Waals surface area contributed by atoms with Crippen molar-refractivity contribution in [1.29, 1.82) is 0 Å². The Kier molecular flexibility index (Phi) is 4.34. The summed E-state index contributed by atoms with van der Waals surface area (Å²) in [6, 6.07) is 0.273. The van der Waals surface area contributed by atoms with E-state index in [1.807, 2.05) is 11.8 Å². The first-order valence-electron chi connectivity index (χ1n) is 6.14. The smallest absolute Gasteiger partial charge is 0.315 e. The van der Waals surface area contributed by atoms with Gasteiger partial charge >= 0.3 is 12.0 Å². The van der Waals surface area contributed by atoms with Crippen LogP contribution in [0.2, 0.25) is 0 Å². The second kappa shape index (κ2) is 5.79. The highest BCUT2D eigenvalue weighted by atomic mass is 32.2. The van der Waals surface area contributed by atoms with Crippen LogP contribution < -0.4 is 10.6 Å². The number of nitrogens with one attached hydrogen (secondary N) is 2. The number of carbonyl (C=O) groups excluding carboxylic acids is 1. The molecule has 102 valence electrons. The number of urea groups is 1. The largest absolute Gasteiger partial charge is 0.481 e. The standard InChI is InChI=1S/C11H18N2O4S/c14-4-6(10(15)16)2-1-3-8-9-7(5-18-8)12-11(17)13-9/h6-9,14H,1-5H2,(H,15,16)(H2,12,13,17)/t6?,7-,8-,9-/m0/s1. The van der Waals surface area contributed by atoms with Crippen molar-refractivity contribution in [2.75, 3.05) is 12.4 Å². The van der Waals surface area contributed by atoms with Crippen molar-refractivity contribution in [1.82, 2.24) is 10.6 Å². The number of aliphatic carboxylic acids is 1. The maximum atomic E-state index is 11.2. The van der Waals surface area contributed by atoms with E-state index in [-0.39, 0.29) is 24.7 Å². The van der Waals surface area contributed by atoms with Gasteiger partial charge in [-0.2, -0.15) is 11.8 Å². The Morgan fingerprint density at radius 2 is 2.28 bits per heavy atom. The number of thioether (sulfide) groups is 1. The third-order valence-corrected chi connectivity index (χ3v) is 5.06. The number of carbonyl (C=O) groups is 2. The normalized spacial score (nSPS) is 31.6. The number of fused-ring (bicyclic) bond motifs is 1. The van der Waals surface area contributed by atoms with Crippen molar-refractivity contribution < 1.29 is 19.8 Å². The number of hydrogen-bond donors (Lipinski definition) is 4. The van der Waals surface area contributed by atoms with E-state index < -0.39 is 11.9 Å². The summed E-state index contributed by atoms with van der Waals surface area (Å²) in [6.45, 7) is -0.308. The number of aliphatic hydroxyl groups excluding tert-OH is 1. The fourth-order valence-corrected chi connectivity index (χ4v) is 4.04. The zero-order valence-electron chi connectivity index (χ0n) is 9.96. The molecular formula is C11H18N2O4S. The summed E-state index contributed by atoms with van der Waals surface area (Å²) in [7, 11) is 0. The summed E-state index contributed by atoms with van der Waals surface area (Å²) in [5, 5.41) is 23.9. The molecule has 0 aromatic heterocycles. The molecular weight excluding hydrogens is 256 g/mol. The lowest BCUT2D eigenvalue weighted by Gasteiger charge is -2.17. The molecule has 2 aliphatic heterocycles. The fraction of sp³-hybridized carbons (Fsp3) is 0.818. The molecule has 1 unspecified atom stereocenters. The lowest BCUT2D eigenvalue weighted by molar-refractivity contribution is -0.143. The molecule has 4 N–H and O–H groups in total. The maximum absolute atomic E-state index is 11.2. The summed E-state index contributed by atoms with van der Waals surface area (Å²) in [5.41, 5.74) is 0. The molecule has 0 aromatic carbocycles. The van der Waals surface area contributed by atoms with E-state index >= 15 is 0 Å². The van der Waals surface area contributed by atoms with Gasteiger partial charge in [0.1, 0.15) is 0 Å². The van der Waals surface area contributed by atoms with Gasteiger partial charge in [-0.3, -0.25) is 4.79 Å². The SMILES string of the molecule is O=C1N[C@H]2[C@H](CS[C@H]2CCCC(CO)C(=O)O)N1. The first-order chi connectivity index (χ1) is 8.61. The van der Waals surface area contributed by atoms with E-state index in [4.69, 9.17) is 10.2 Å². The van der Waals surface area contributed by atoms with Crippen molar-refractivity contribution in [3.8, 4) is 0 Å². The predicted molar refractivity (Wildman–Crippen MR) is 67.6 cm³/mol. The van der Waals surface area contributed by atoms with Crippen LogP contribution >= 0.6 is 11.8 Å². The molecule has 2 aliphatic rings. The highest BCUT2D eigenvalue weighted by Gasteiger charge is 2.42. The molecule has 2 heterocycles. The monoisotopic (exact) mass is 274 g/mol. The van der Waals surface area contributed by atoms with Gasteiger partial charge in [-0.15, -0.1) is 0 Å². The van der Waals surface area contributed by atoms with Gasteiger partial charge in [-0.25, -0.2) is 4.79 Å². The molecule has 0 aliphatic carbocycles. The van der Waals surface area contributed by atoms with E-state index in [1.54, 1.807) is 0 Å². The minimum atomic E-state index is -0.940. The van der Waals surface area contributed by atoms with Crippen molar-refractivity contribution in [3.05, 3.63) is 0 Å². The van der Waals surface area contributed by atoms with Crippen LogP contribution in [0, 0.1) is 5.92 Å². The molecule has 2 amide bonds. The number of hydrogen-bond acceptors (Lipinski definition) is 4. The van der Waals surface area contributed by atoms with Crippen LogP contribution in [-0.4, -0.2) is 51.9 Å². The van der Waals surface area contributed by atoms with Gasteiger partial charge in [-0.1, -0.05) is 6.42 Å². The molecule has 0 saturated carbocycles. The number of amides is 2. The van der Waals surface area contributed by atoms with Crippen LogP contribution in [0.15, 0.2) is 0 Å². The molecule has 7 heteroatoms. The molecule has 0 bridgehead atoms. The molecule has 4 atom stereocenters. The van der Waals surface area contributed by atoms with Gasteiger partial charge in [0.2, 0.25) is 0 Å². The van der Waals surface area contributed by atoms with E-state index in [1.165, 1.54) is 0 Å². The Bertz CT molecular complexity index is 339. The Hall–Kier alpha value is -0.950. The number of carboxylic acids is 1. The average molecular weight is 274 g/mol. The molecule has 18 heavy (non-hydrogen) atoms. The zero-order valence-corrected chi connectivity index (χ0v) is 10.8. The van der Waals surface area contributed by atoms with Crippen LogP contribution in [-0.2, 0) is 4.79 Å². The summed E-state index contributed by atoms with van der Waals surface area (Å²) in [5.74, 6) is -0.690. The van der Waals surface area contributed by atoms with Crippen LogP contribution in [0.4, 0.5) is 4.79 Å². The molecule has 0 radical (unpaired) electrons. The van der Waals surface area contributed by atoms with E-state index in [9.17, 15) is 9.59 Å². The number of rotatable bonds is 6. The average Bonchev–Trinajstić information content (AvgIpc) is 2.84. The molecule has 2 rings (SSSR count). The summed E-state index contributed by atoms with van der Waals surface area (Å²) in [4.78, 5) is 21.9. The quantitative estimate of drug-likeness (QED) is 0.512. The molecule has 6 nitrogen and oxygen atoms in total. The summed E-state index contributed by atoms with van der Waals surface area (Å²) >= 11 is 1.82. The lowest BCUT2D eigenvalue weighted by atomic mass is 9.99. The van der Waals surface area contributed by atoms with Gasteiger partial charge in [-0.05, 0) is 12.8 Å². The van der Waals surface area contributed by atoms with Crippen molar-refractivity contribution >= 4 is 23.8 Å². The third kappa shape index (κ3) is 2.89.